The van der Waals surface area contributed by atoms with Gasteiger partial charge in [-0.15, -0.1) is 13.2 Å². The summed E-state index contributed by atoms with van der Waals surface area (Å²) in [5, 5.41) is 0.205. The maximum Gasteiger partial charge on any atom is 0.573 e. The Balaban J connectivity index is 2.16. The first-order valence-corrected chi connectivity index (χ1v) is 7.04. The molecular weight excluding hydrogens is 347 g/mol. The van der Waals surface area contributed by atoms with E-state index >= 15 is 0 Å². The predicted molar refractivity (Wildman–Crippen MR) is 83.0 cm³/mol. The molecule has 0 bridgehead atoms. The van der Waals surface area contributed by atoms with Gasteiger partial charge in [0.2, 0.25) is 5.91 Å². The Morgan fingerprint density at radius 1 is 1.38 bits per heavy atom. The fourth-order valence-corrected chi connectivity index (χ4v) is 2.35. The average Bonchev–Trinajstić information content (AvgIpc) is 2.45. The number of rotatable bonds is 5. The van der Waals surface area contributed by atoms with E-state index in [1.807, 2.05) is 0 Å². The molecule has 5 nitrogen and oxygen atoms in total. The Kier molecular flexibility index (Phi) is 5.18. The van der Waals surface area contributed by atoms with Crippen molar-refractivity contribution in [2.24, 2.45) is 5.73 Å². The molecule has 0 aliphatic rings. The minimum Gasteiger partial charge on any atom is -0.406 e. The van der Waals surface area contributed by atoms with E-state index in [0.717, 1.165) is 0 Å². The SMILES string of the molecule is CN(Cc1cccc(OC(F)(F)F)c1)c1ncc(C(N)=O)cc1Cl. The molecule has 2 N–H and O–H groups in total. The molecule has 1 amide bonds. The van der Waals surface area contributed by atoms with E-state index in [-0.39, 0.29) is 22.9 Å². The number of ether oxygens (including phenoxy) is 1. The first-order valence-electron chi connectivity index (χ1n) is 6.67. The van der Waals surface area contributed by atoms with Crippen molar-refractivity contribution >= 4 is 23.3 Å². The lowest BCUT2D eigenvalue weighted by atomic mass is 10.2. The summed E-state index contributed by atoms with van der Waals surface area (Å²) in [6, 6.07) is 6.96. The van der Waals surface area contributed by atoms with Gasteiger partial charge >= 0.3 is 6.36 Å². The molecule has 128 valence electrons. The predicted octanol–water partition coefficient (Wildman–Crippen LogP) is 3.37. The fourth-order valence-electron chi connectivity index (χ4n) is 2.04. The molecule has 0 saturated heterocycles. The van der Waals surface area contributed by atoms with Gasteiger partial charge in [-0.3, -0.25) is 4.79 Å². The van der Waals surface area contributed by atoms with Gasteiger partial charge in [-0.1, -0.05) is 23.7 Å². The van der Waals surface area contributed by atoms with Gasteiger partial charge in [0.15, 0.2) is 0 Å². The van der Waals surface area contributed by atoms with Crippen LogP contribution in [0.5, 0.6) is 5.75 Å². The third-order valence-corrected chi connectivity index (χ3v) is 3.30. The maximum absolute atomic E-state index is 12.3. The smallest absolute Gasteiger partial charge is 0.406 e. The van der Waals surface area contributed by atoms with E-state index in [0.29, 0.717) is 11.4 Å². The first kappa shape index (κ1) is 17.9. The molecule has 0 spiro atoms. The van der Waals surface area contributed by atoms with Gasteiger partial charge in [0.05, 0.1) is 10.6 Å². The lowest BCUT2D eigenvalue weighted by Crippen LogP contribution is -2.20. The number of amides is 1. The Morgan fingerprint density at radius 3 is 2.67 bits per heavy atom. The molecule has 2 rings (SSSR count). The van der Waals surface area contributed by atoms with Gasteiger partial charge in [-0.05, 0) is 23.8 Å². The van der Waals surface area contributed by atoms with Crippen LogP contribution in [0.15, 0.2) is 36.5 Å². The fraction of sp³-hybridized carbons (Fsp3) is 0.200. The van der Waals surface area contributed by atoms with Gasteiger partial charge in [0, 0.05) is 19.8 Å². The summed E-state index contributed by atoms with van der Waals surface area (Å²) >= 11 is 6.07. The number of anilines is 1. The van der Waals surface area contributed by atoms with Crippen molar-refractivity contribution in [3.05, 3.63) is 52.7 Å². The topological polar surface area (TPSA) is 68.4 Å². The average molecular weight is 360 g/mol. The van der Waals surface area contributed by atoms with Crippen LogP contribution in [-0.2, 0) is 6.54 Å². The van der Waals surface area contributed by atoms with Crippen LogP contribution in [0.4, 0.5) is 19.0 Å². The number of carbonyl (C=O) groups excluding carboxylic acids is 1. The van der Waals surface area contributed by atoms with E-state index in [1.165, 1.54) is 30.5 Å². The van der Waals surface area contributed by atoms with E-state index in [2.05, 4.69) is 9.72 Å². The number of nitrogens with two attached hydrogens (primary N) is 1. The molecule has 0 aliphatic carbocycles. The van der Waals surface area contributed by atoms with Gasteiger partial charge in [0.25, 0.3) is 0 Å². The van der Waals surface area contributed by atoms with Crippen LogP contribution in [0, 0.1) is 0 Å². The molecule has 9 heteroatoms. The van der Waals surface area contributed by atoms with E-state index < -0.39 is 12.3 Å². The van der Waals surface area contributed by atoms with Crippen LogP contribution in [0.1, 0.15) is 15.9 Å². The number of aromatic nitrogens is 1. The van der Waals surface area contributed by atoms with Crippen molar-refractivity contribution in [2.75, 3.05) is 11.9 Å². The highest BCUT2D eigenvalue weighted by atomic mass is 35.5. The normalized spacial score (nSPS) is 11.2. The molecule has 0 atom stereocenters. The summed E-state index contributed by atoms with van der Waals surface area (Å²) in [7, 11) is 1.66. The summed E-state index contributed by atoms with van der Waals surface area (Å²) in [5.74, 6) is -0.601. The molecule has 1 aromatic heterocycles. The zero-order chi connectivity index (χ0) is 17.9. The largest absolute Gasteiger partial charge is 0.573 e. The molecule has 0 fully saturated rings. The highest BCUT2D eigenvalue weighted by Crippen LogP contribution is 2.26. The minimum atomic E-state index is -4.75. The zero-order valence-corrected chi connectivity index (χ0v) is 13.2. The molecule has 1 aromatic carbocycles. The van der Waals surface area contributed by atoms with Crippen LogP contribution in [-0.4, -0.2) is 24.3 Å². The molecule has 0 saturated carbocycles. The van der Waals surface area contributed by atoms with Crippen LogP contribution >= 0.6 is 11.6 Å². The van der Waals surface area contributed by atoms with Crippen LogP contribution in [0.25, 0.3) is 0 Å². The van der Waals surface area contributed by atoms with Crippen LogP contribution in [0.3, 0.4) is 0 Å². The standard InChI is InChI=1S/C15H13ClF3N3O2/c1-22(14-12(16)6-10(7-21-14)13(20)23)8-9-3-2-4-11(5-9)24-15(17,18)19/h2-7H,8H2,1H3,(H2,20,23). The van der Waals surface area contributed by atoms with Crippen LogP contribution < -0.4 is 15.4 Å². The quantitative estimate of drug-likeness (QED) is 0.888. The van der Waals surface area contributed by atoms with Crippen molar-refractivity contribution in [3.8, 4) is 5.75 Å². The molecule has 2 aromatic rings. The van der Waals surface area contributed by atoms with Crippen molar-refractivity contribution in [2.45, 2.75) is 12.9 Å². The highest BCUT2D eigenvalue weighted by molar-refractivity contribution is 6.33. The first-order chi connectivity index (χ1) is 11.2. The number of hydrogen-bond donors (Lipinski definition) is 1. The van der Waals surface area contributed by atoms with Gasteiger partial charge in [0.1, 0.15) is 11.6 Å². The number of hydrogen-bond acceptors (Lipinski definition) is 4. The summed E-state index contributed by atoms with van der Waals surface area (Å²) < 4.78 is 40.7. The lowest BCUT2D eigenvalue weighted by Gasteiger charge is -2.20. The van der Waals surface area contributed by atoms with E-state index in [1.54, 1.807) is 18.0 Å². The molecule has 1 heterocycles. The van der Waals surface area contributed by atoms with E-state index in [9.17, 15) is 18.0 Å². The van der Waals surface area contributed by atoms with Crippen molar-refractivity contribution in [1.82, 2.24) is 4.98 Å². The summed E-state index contributed by atoms with van der Waals surface area (Å²) in [4.78, 5) is 16.8. The number of nitrogens with zero attached hydrogens (tertiary/aromatic N) is 2. The number of benzene rings is 1. The Morgan fingerprint density at radius 2 is 2.08 bits per heavy atom. The Labute approximate surface area is 140 Å². The minimum absolute atomic E-state index is 0.165. The summed E-state index contributed by atoms with van der Waals surface area (Å²) in [6.07, 6.45) is -3.47. The zero-order valence-electron chi connectivity index (χ0n) is 12.5. The van der Waals surface area contributed by atoms with Crippen molar-refractivity contribution in [3.63, 3.8) is 0 Å². The number of pyridine rings is 1. The van der Waals surface area contributed by atoms with E-state index in [4.69, 9.17) is 17.3 Å². The van der Waals surface area contributed by atoms with Crippen molar-refractivity contribution in [1.29, 1.82) is 0 Å². The second-order valence-corrected chi connectivity index (χ2v) is 5.35. The van der Waals surface area contributed by atoms with Gasteiger partial charge < -0.3 is 15.4 Å². The van der Waals surface area contributed by atoms with Crippen LogP contribution in [0.2, 0.25) is 5.02 Å². The molecule has 0 radical (unpaired) electrons. The third-order valence-electron chi connectivity index (χ3n) is 3.02. The lowest BCUT2D eigenvalue weighted by molar-refractivity contribution is -0.274. The number of halogens is 4. The maximum atomic E-state index is 12.3. The molecule has 0 unspecified atom stereocenters. The number of carbonyl (C=O) groups is 1. The van der Waals surface area contributed by atoms with Crippen molar-refractivity contribution < 1.29 is 22.7 Å². The third kappa shape index (κ3) is 4.76. The number of primary amides is 1. The van der Waals surface area contributed by atoms with Gasteiger partial charge in [-0.2, -0.15) is 0 Å². The summed E-state index contributed by atoms with van der Waals surface area (Å²) in [5.41, 5.74) is 5.87. The molecule has 24 heavy (non-hydrogen) atoms. The van der Waals surface area contributed by atoms with Gasteiger partial charge in [-0.25, -0.2) is 4.98 Å². The molecular formula is C15H13ClF3N3O2. The Bertz CT molecular complexity index is 753. The molecule has 0 aliphatic heterocycles. The second-order valence-electron chi connectivity index (χ2n) is 4.94. The second kappa shape index (κ2) is 6.96. The highest BCUT2D eigenvalue weighted by Gasteiger charge is 2.31. The Hall–Kier alpha value is -2.48. The number of alkyl halides is 3. The monoisotopic (exact) mass is 359 g/mol. The summed E-state index contributed by atoms with van der Waals surface area (Å²) in [6.45, 7) is 0.234.